The fourth-order valence-electron chi connectivity index (χ4n) is 2.64. The van der Waals surface area contributed by atoms with E-state index in [0.29, 0.717) is 5.82 Å². The van der Waals surface area contributed by atoms with Crippen molar-refractivity contribution >= 4 is 52.5 Å². The van der Waals surface area contributed by atoms with Gasteiger partial charge in [-0.3, -0.25) is 4.79 Å². The Balaban J connectivity index is 1.66. The number of halogens is 4. The summed E-state index contributed by atoms with van der Waals surface area (Å²) < 4.78 is 39.6. The Morgan fingerprint density at radius 2 is 1.84 bits per heavy atom. The lowest BCUT2D eigenvalue weighted by molar-refractivity contribution is -0.137. The summed E-state index contributed by atoms with van der Waals surface area (Å²) in [6.07, 6.45) is -4.65. The largest absolute Gasteiger partial charge is 0.418 e. The third kappa shape index (κ3) is 6.24. The van der Waals surface area contributed by atoms with Gasteiger partial charge >= 0.3 is 6.18 Å². The number of aromatic nitrogens is 3. The minimum Gasteiger partial charge on any atom is -0.368 e. The number of nitrogens with one attached hydrogen (secondary N) is 2. The maximum atomic E-state index is 13.2. The molecule has 4 N–H and O–H groups in total. The molecule has 0 saturated carbocycles. The second-order valence-electron chi connectivity index (χ2n) is 6.53. The van der Waals surface area contributed by atoms with Crippen LogP contribution in [-0.2, 0) is 11.0 Å². The zero-order valence-electron chi connectivity index (χ0n) is 16.7. The fourth-order valence-corrected chi connectivity index (χ4v) is 3.59. The number of carbonyl (C=O) groups excluding carboxylic acids is 1. The van der Waals surface area contributed by atoms with Crippen molar-refractivity contribution in [3.05, 3.63) is 64.9 Å². The lowest BCUT2D eigenvalue weighted by atomic mass is 10.1. The SMILES string of the molecule is CC(SCC(=O)Nc1c(Cl)cccc1C(F)(F)F)c1nc(N)nc(Nc2ccccc2)n1. The van der Waals surface area contributed by atoms with Crippen molar-refractivity contribution in [2.45, 2.75) is 18.3 Å². The van der Waals surface area contributed by atoms with Gasteiger partial charge in [0.05, 0.1) is 27.3 Å². The summed E-state index contributed by atoms with van der Waals surface area (Å²) in [6, 6.07) is 12.5. The maximum absolute atomic E-state index is 13.2. The highest BCUT2D eigenvalue weighted by molar-refractivity contribution is 8.00. The number of benzene rings is 2. The number of nitrogens with two attached hydrogens (primary N) is 1. The van der Waals surface area contributed by atoms with Crippen molar-refractivity contribution in [1.29, 1.82) is 0 Å². The van der Waals surface area contributed by atoms with Crippen molar-refractivity contribution in [3.63, 3.8) is 0 Å². The second-order valence-corrected chi connectivity index (χ2v) is 8.26. The van der Waals surface area contributed by atoms with Crippen molar-refractivity contribution in [2.75, 3.05) is 22.1 Å². The third-order valence-corrected chi connectivity index (χ3v) is 5.57. The average Bonchev–Trinajstić information content (AvgIpc) is 2.73. The highest BCUT2D eigenvalue weighted by Gasteiger charge is 2.34. The first-order valence-electron chi connectivity index (χ1n) is 9.24. The third-order valence-electron chi connectivity index (χ3n) is 4.11. The molecule has 0 aliphatic carbocycles. The molecule has 1 unspecified atom stereocenters. The summed E-state index contributed by atoms with van der Waals surface area (Å²) in [5.41, 5.74) is 5.04. The van der Waals surface area contributed by atoms with E-state index in [4.69, 9.17) is 17.3 Å². The van der Waals surface area contributed by atoms with E-state index in [1.807, 2.05) is 30.3 Å². The number of hydrogen-bond acceptors (Lipinski definition) is 7. The predicted molar refractivity (Wildman–Crippen MR) is 120 cm³/mol. The Bertz CT molecular complexity index is 1100. The molecule has 3 aromatic rings. The Morgan fingerprint density at radius 1 is 1.12 bits per heavy atom. The van der Waals surface area contributed by atoms with E-state index in [-0.39, 0.29) is 22.7 Å². The number of hydrogen-bond donors (Lipinski definition) is 3. The normalized spacial score (nSPS) is 12.3. The average molecular weight is 483 g/mol. The number of carbonyl (C=O) groups is 1. The van der Waals surface area contributed by atoms with Crippen LogP contribution in [0.4, 0.5) is 36.4 Å². The predicted octanol–water partition coefficient (Wildman–Crippen LogP) is 5.30. The van der Waals surface area contributed by atoms with Crippen LogP contribution in [0.25, 0.3) is 0 Å². The summed E-state index contributed by atoms with van der Waals surface area (Å²) in [7, 11) is 0. The molecule has 0 spiro atoms. The Labute approximate surface area is 191 Å². The molecule has 0 radical (unpaired) electrons. The zero-order chi connectivity index (χ0) is 23.3. The topological polar surface area (TPSA) is 106 Å². The highest BCUT2D eigenvalue weighted by Crippen LogP contribution is 2.38. The van der Waals surface area contributed by atoms with E-state index in [9.17, 15) is 18.0 Å². The summed E-state index contributed by atoms with van der Waals surface area (Å²) in [4.78, 5) is 24.8. The van der Waals surface area contributed by atoms with Crippen molar-refractivity contribution in [2.24, 2.45) is 0 Å². The van der Waals surface area contributed by atoms with Gasteiger partial charge in [0, 0.05) is 5.69 Å². The first kappa shape index (κ1) is 23.6. The molecule has 0 saturated heterocycles. The number of nitrogens with zero attached hydrogens (tertiary/aromatic N) is 3. The van der Waals surface area contributed by atoms with Crippen molar-refractivity contribution < 1.29 is 18.0 Å². The number of alkyl halides is 3. The van der Waals surface area contributed by atoms with Crippen LogP contribution in [0.5, 0.6) is 0 Å². The Kier molecular flexibility index (Phi) is 7.41. The molecule has 12 heteroatoms. The van der Waals surface area contributed by atoms with Crippen LogP contribution in [0, 0.1) is 0 Å². The van der Waals surface area contributed by atoms with Gasteiger partial charge in [0.15, 0.2) is 0 Å². The number of anilines is 4. The monoisotopic (exact) mass is 482 g/mol. The van der Waals surface area contributed by atoms with Crippen LogP contribution in [0.2, 0.25) is 5.02 Å². The number of nitrogen functional groups attached to an aromatic ring is 1. The molecule has 0 fully saturated rings. The minimum absolute atomic E-state index is 0.00350. The van der Waals surface area contributed by atoms with Crippen molar-refractivity contribution in [1.82, 2.24) is 15.0 Å². The summed E-state index contributed by atoms with van der Waals surface area (Å²) in [6.45, 7) is 1.75. The molecular weight excluding hydrogens is 465 g/mol. The van der Waals surface area contributed by atoms with Crippen LogP contribution in [0.3, 0.4) is 0 Å². The molecule has 0 aliphatic heterocycles. The maximum Gasteiger partial charge on any atom is 0.418 e. The van der Waals surface area contributed by atoms with E-state index in [0.717, 1.165) is 23.5 Å². The van der Waals surface area contributed by atoms with Crippen LogP contribution in [0.1, 0.15) is 23.6 Å². The molecule has 2 aromatic carbocycles. The fraction of sp³-hybridized carbons (Fsp3) is 0.200. The van der Waals surface area contributed by atoms with Gasteiger partial charge < -0.3 is 16.4 Å². The molecule has 32 heavy (non-hydrogen) atoms. The molecule has 1 heterocycles. The molecule has 168 valence electrons. The van der Waals surface area contributed by atoms with E-state index in [1.165, 1.54) is 12.1 Å². The lowest BCUT2D eigenvalue weighted by Gasteiger charge is -2.16. The highest BCUT2D eigenvalue weighted by atomic mass is 35.5. The number of para-hydroxylation sites is 2. The quantitative estimate of drug-likeness (QED) is 0.419. The smallest absolute Gasteiger partial charge is 0.368 e. The molecule has 7 nitrogen and oxygen atoms in total. The molecule has 0 bridgehead atoms. The van der Waals surface area contributed by atoms with E-state index in [2.05, 4.69) is 25.6 Å². The van der Waals surface area contributed by atoms with Crippen molar-refractivity contribution in [3.8, 4) is 0 Å². The van der Waals surface area contributed by atoms with Crippen LogP contribution in [0.15, 0.2) is 48.5 Å². The van der Waals surface area contributed by atoms with Gasteiger partial charge in [-0.15, -0.1) is 11.8 Å². The molecule has 3 rings (SSSR count). The van der Waals surface area contributed by atoms with E-state index in [1.54, 1.807) is 6.92 Å². The lowest BCUT2D eigenvalue weighted by Crippen LogP contribution is -2.19. The van der Waals surface area contributed by atoms with Gasteiger partial charge in [-0.25, -0.2) is 0 Å². The van der Waals surface area contributed by atoms with Gasteiger partial charge in [0.2, 0.25) is 17.8 Å². The first-order chi connectivity index (χ1) is 15.1. The van der Waals surface area contributed by atoms with E-state index >= 15 is 0 Å². The molecule has 1 amide bonds. The van der Waals surface area contributed by atoms with Gasteiger partial charge in [0.25, 0.3) is 0 Å². The van der Waals surface area contributed by atoms with Crippen LogP contribution < -0.4 is 16.4 Å². The summed E-state index contributed by atoms with van der Waals surface area (Å²) >= 11 is 7.00. The number of amides is 1. The van der Waals surface area contributed by atoms with Gasteiger partial charge in [0.1, 0.15) is 5.82 Å². The molecular formula is C20H18ClF3N6OS. The van der Waals surface area contributed by atoms with Crippen LogP contribution >= 0.6 is 23.4 Å². The number of thioether (sulfide) groups is 1. The molecule has 1 atom stereocenters. The van der Waals surface area contributed by atoms with E-state index < -0.39 is 28.6 Å². The number of rotatable bonds is 7. The van der Waals surface area contributed by atoms with Gasteiger partial charge in [-0.05, 0) is 31.2 Å². The minimum atomic E-state index is -4.65. The van der Waals surface area contributed by atoms with Crippen LogP contribution in [-0.4, -0.2) is 26.6 Å². The summed E-state index contributed by atoms with van der Waals surface area (Å²) in [5.74, 6) is -0.248. The van der Waals surface area contributed by atoms with Gasteiger partial charge in [-0.1, -0.05) is 35.9 Å². The second kappa shape index (κ2) is 10.0. The molecule has 1 aromatic heterocycles. The molecule has 0 aliphatic rings. The first-order valence-corrected chi connectivity index (χ1v) is 10.7. The Morgan fingerprint density at radius 3 is 2.53 bits per heavy atom. The Hall–Kier alpha value is -3.05. The van der Waals surface area contributed by atoms with Gasteiger partial charge in [-0.2, -0.15) is 28.1 Å². The standard InChI is InChI=1S/C20H18ClF3N6OS/c1-11(17-28-18(25)30-19(29-17)26-12-6-3-2-4-7-12)32-10-15(31)27-16-13(20(22,23)24)8-5-9-14(16)21/h2-9,11H,10H2,1H3,(H,27,31)(H3,25,26,28,29,30). The summed E-state index contributed by atoms with van der Waals surface area (Å²) in [5, 5.41) is 4.66. The zero-order valence-corrected chi connectivity index (χ0v) is 18.2.